The van der Waals surface area contributed by atoms with E-state index in [9.17, 15) is 4.79 Å². The molecule has 21 heavy (non-hydrogen) atoms. The lowest BCUT2D eigenvalue weighted by molar-refractivity contribution is -0.888. The number of rotatable bonds is 12. The molecule has 0 fully saturated rings. The third-order valence-electron chi connectivity index (χ3n) is 3.92. The van der Waals surface area contributed by atoms with Crippen LogP contribution in [0.3, 0.4) is 0 Å². The number of amides is 1. The first-order valence-electron chi connectivity index (χ1n) is 8.63. The maximum absolute atomic E-state index is 9.47. The van der Waals surface area contributed by atoms with Crippen molar-refractivity contribution in [3.05, 3.63) is 12.7 Å². The van der Waals surface area contributed by atoms with Crippen molar-refractivity contribution in [3.63, 3.8) is 0 Å². The number of hydrogen-bond donors (Lipinski definition) is 1. The zero-order chi connectivity index (χ0) is 16.6. The molecule has 0 aromatic rings. The number of hydrogen-bond acceptors (Lipinski definition) is 1. The van der Waals surface area contributed by atoms with Crippen LogP contribution in [0.4, 0.5) is 0 Å². The van der Waals surface area contributed by atoms with Crippen LogP contribution in [0.25, 0.3) is 0 Å². The van der Waals surface area contributed by atoms with E-state index in [1.54, 1.807) is 0 Å². The minimum Gasteiger partial charge on any atom is -0.366 e. The fraction of sp³-hybridized carbons (Fsp3) is 0.833. The lowest BCUT2D eigenvalue weighted by Crippen LogP contribution is -2.39. The average Bonchev–Trinajstić information content (AvgIpc) is 2.46. The molecule has 0 atom stereocenters. The number of carbonyl (C=O) groups is 1. The summed E-state index contributed by atoms with van der Waals surface area (Å²) in [6.07, 6.45) is 14.0. The van der Waals surface area contributed by atoms with Gasteiger partial charge in [0.15, 0.2) is 0 Å². The molecule has 126 valence electrons. The summed E-state index contributed by atoms with van der Waals surface area (Å²) in [5.74, 6) is -0.481. The summed E-state index contributed by atoms with van der Waals surface area (Å²) in [6.45, 7) is 10.3. The van der Waals surface area contributed by atoms with E-state index in [1.165, 1.54) is 75.4 Å². The number of nitrogens with zero attached hydrogens (tertiary/aromatic N) is 1. The van der Waals surface area contributed by atoms with E-state index < -0.39 is 5.91 Å². The molecule has 0 aromatic carbocycles. The Bertz CT molecular complexity index is 250. The molecule has 0 unspecified atom stereocenters. The van der Waals surface area contributed by atoms with Gasteiger partial charge in [-0.1, -0.05) is 58.4 Å². The summed E-state index contributed by atoms with van der Waals surface area (Å²) >= 11 is 0. The van der Waals surface area contributed by atoms with E-state index in [1.807, 2.05) is 0 Å². The zero-order valence-corrected chi connectivity index (χ0v) is 15.0. The molecule has 0 aliphatic rings. The number of quaternary nitrogens is 1. The smallest absolute Gasteiger partial charge is 0.240 e. The third kappa shape index (κ3) is 21.6. The maximum atomic E-state index is 9.47. The highest BCUT2D eigenvalue weighted by Crippen LogP contribution is 2.10. The lowest BCUT2D eigenvalue weighted by Gasteiger charge is -2.28. The third-order valence-corrected chi connectivity index (χ3v) is 3.92. The molecule has 0 aliphatic heterocycles. The van der Waals surface area contributed by atoms with Crippen LogP contribution < -0.4 is 5.73 Å². The Morgan fingerprint density at radius 3 is 1.67 bits per heavy atom. The van der Waals surface area contributed by atoms with Crippen LogP contribution >= 0.6 is 0 Å². The average molecular weight is 300 g/mol. The van der Waals surface area contributed by atoms with E-state index >= 15 is 0 Å². The lowest BCUT2D eigenvalue weighted by atomic mass is 10.1. The van der Waals surface area contributed by atoms with Gasteiger partial charge >= 0.3 is 0 Å². The molecule has 3 nitrogen and oxygen atoms in total. The Hall–Kier alpha value is -0.830. The molecule has 0 heterocycles. The summed E-state index contributed by atoms with van der Waals surface area (Å²) < 4.78 is 1.19. The molecule has 0 bridgehead atoms. The quantitative estimate of drug-likeness (QED) is 0.326. The first-order chi connectivity index (χ1) is 9.89. The van der Waals surface area contributed by atoms with Gasteiger partial charge in [-0.3, -0.25) is 4.79 Å². The van der Waals surface area contributed by atoms with Crippen LogP contribution in [0.2, 0.25) is 0 Å². The highest BCUT2D eigenvalue weighted by molar-refractivity contribution is 5.84. The molecule has 0 aromatic heterocycles. The predicted octanol–water partition coefficient (Wildman–Crippen LogP) is 4.27. The van der Waals surface area contributed by atoms with Gasteiger partial charge in [0.05, 0.1) is 27.2 Å². The number of primary amides is 1. The van der Waals surface area contributed by atoms with Crippen LogP contribution in [0.15, 0.2) is 12.7 Å². The SMILES string of the molecule is C=CC(N)=O.CCCCCCCCCCC[N+](C)(C)CC. The molecular formula is C18H39N2O+. The van der Waals surface area contributed by atoms with Crippen molar-refractivity contribution < 1.29 is 9.28 Å². The second-order valence-corrected chi connectivity index (χ2v) is 6.41. The topological polar surface area (TPSA) is 43.1 Å². The molecule has 0 saturated carbocycles. The van der Waals surface area contributed by atoms with Gasteiger partial charge in [0.2, 0.25) is 5.91 Å². The van der Waals surface area contributed by atoms with Crippen molar-refractivity contribution in [2.24, 2.45) is 5.73 Å². The van der Waals surface area contributed by atoms with Crippen LogP contribution in [0.1, 0.15) is 71.6 Å². The molecule has 2 N–H and O–H groups in total. The Morgan fingerprint density at radius 1 is 0.952 bits per heavy atom. The van der Waals surface area contributed by atoms with Gasteiger partial charge in [0.25, 0.3) is 0 Å². The first-order valence-corrected chi connectivity index (χ1v) is 8.63. The van der Waals surface area contributed by atoms with E-state index in [2.05, 4.69) is 40.3 Å². The van der Waals surface area contributed by atoms with Gasteiger partial charge < -0.3 is 10.2 Å². The molecule has 0 spiro atoms. The van der Waals surface area contributed by atoms with Crippen molar-refractivity contribution in [1.29, 1.82) is 0 Å². The monoisotopic (exact) mass is 299 g/mol. The predicted molar refractivity (Wildman–Crippen MR) is 94.1 cm³/mol. The second-order valence-electron chi connectivity index (χ2n) is 6.41. The summed E-state index contributed by atoms with van der Waals surface area (Å²) in [6, 6.07) is 0. The van der Waals surface area contributed by atoms with Crippen LogP contribution in [0.5, 0.6) is 0 Å². The summed E-state index contributed by atoms with van der Waals surface area (Å²) in [5.41, 5.74) is 4.53. The Labute approximate surface area is 133 Å². The zero-order valence-electron chi connectivity index (χ0n) is 15.0. The number of nitrogens with two attached hydrogens (primary N) is 1. The minimum absolute atomic E-state index is 0.481. The Balaban J connectivity index is 0. The number of unbranched alkanes of at least 4 members (excludes halogenated alkanes) is 8. The van der Waals surface area contributed by atoms with E-state index in [4.69, 9.17) is 0 Å². The molecule has 0 aliphatic carbocycles. The van der Waals surface area contributed by atoms with Crippen LogP contribution in [0, 0.1) is 0 Å². The Morgan fingerprint density at radius 2 is 1.33 bits per heavy atom. The van der Waals surface area contributed by atoms with E-state index in [0.717, 1.165) is 6.08 Å². The molecule has 1 amide bonds. The van der Waals surface area contributed by atoms with Gasteiger partial charge in [0, 0.05) is 0 Å². The molecule has 0 saturated heterocycles. The van der Waals surface area contributed by atoms with Crippen molar-refractivity contribution in [3.8, 4) is 0 Å². The molecular weight excluding hydrogens is 260 g/mol. The fourth-order valence-electron chi connectivity index (χ4n) is 2.01. The highest BCUT2D eigenvalue weighted by atomic mass is 16.1. The Kier molecular flexibility index (Phi) is 16.6. The number of carbonyl (C=O) groups excluding carboxylic acids is 1. The van der Waals surface area contributed by atoms with E-state index in [0.29, 0.717) is 0 Å². The molecule has 0 rings (SSSR count). The molecule has 3 heteroatoms. The minimum atomic E-state index is -0.481. The van der Waals surface area contributed by atoms with Gasteiger partial charge in [-0.2, -0.15) is 0 Å². The summed E-state index contributed by atoms with van der Waals surface area (Å²) in [7, 11) is 4.68. The van der Waals surface area contributed by atoms with Crippen molar-refractivity contribution >= 4 is 5.91 Å². The first kappa shape index (κ1) is 22.5. The van der Waals surface area contributed by atoms with Gasteiger partial charge in [-0.05, 0) is 25.8 Å². The standard InChI is InChI=1S/C15H34N.C3H5NO/c1-5-7-8-9-10-11-12-13-14-15-16(3,4)6-2;1-2-3(4)5/h5-15H2,1-4H3;2H,1H2,(H2,4,5)/q+1;. The van der Waals surface area contributed by atoms with Crippen LogP contribution in [-0.4, -0.2) is 37.6 Å². The fourth-order valence-corrected chi connectivity index (χ4v) is 2.01. The normalized spacial score (nSPS) is 10.7. The van der Waals surface area contributed by atoms with Gasteiger partial charge in [0.1, 0.15) is 0 Å². The highest BCUT2D eigenvalue weighted by Gasteiger charge is 2.09. The van der Waals surface area contributed by atoms with Crippen molar-refractivity contribution in [2.45, 2.75) is 71.6 Å². The summed E-state index contributed by atoms with van der Waals surface area (Å²) in [5, 5.41) is 0. The second kappa shape index (κ2) is 15.6. The largest absolute Gasteiger partial charge is 0.366 e. The maximum Gasteiger partial charge on any atom is 0.240 e. The van der Waals surface area contributed by atoms with E-state index in [-0.39, 0.29) is 0 Å². The molecule has 0 radical (unpaired) electrons. The van der Waals surface area contributed by atoms with Crippen molar-refractivity contribution in [1.82, 2.24) is 0 Å². The van der Waals surface area contributed by atoms with Gasteiger partial charge in [-0.15, -0.1) is 0 Å². The van der Waals surface area contributed by atoms with Crippen molar-refractivity contribution in [2.75, 3.05) is 27.2 Å². The van der Waals surface area contributed by atoms with Gasteiger partial charge in [-0.25, -0.2) is 0 Å². The summed E-state index contributed by atoms with van der Waals surface area (Å²) in [4.78, 5) is 9.47. The van der Waals surface area contributed by atoms with Crippen LogP contribution in [-0.2, 0) is 4.79 Å².